The second-order valence-electron chi connectivity index (χ2n) is 3.10. The number of rotatable bonds is 3. The van der Waals surface area contributed by atoms with E-state index < -0.39 is 0 Å². The Morgan fingerprint density at radius 3 is 2.82 bits per heavy atom. The first-order valence-electron chi connectivity index (χ1n) is 4.54. The molecule has 2 aromatic heterocycles. The molecule has 0 saturated heterocycles. The summed E-state index contributed by atoms with van der Waals surface area (Å²) in [5.41, 5.74) is 5.33. The van der Waals surface area contributed by atoms with E-state index in [2.05, 4.69) is 20.2 Å². The van der Waals surface area contributed by atoms with Gasteiger partial charge in [-0.05, 0) is 11.8 Å². The molecule has 0 atom stereocenters. The smallest absolute Gasteiger partial charge is 0.343 e. The molecule has 4 N–H and O–H groups in total. The van der Waals surface area contributed by atoms with Crippen LogP contribution < -0.4 is 11.4 Å². The number of hydrogen-bond donors (Lipinski definition) is 3. The topological polar surface area (TPSA) is 126 Å². The summed E-state index contributed by atoms with van der Waals surface area (Å²) >= 11 is 1.12. The summed E-state index contributed by atoms with van der Waals surface area (Å²) in [5.74, 6) is -0.180. The molecule has 0 aromatic carbocycles. The Morgan fingerprint density at radius 2 is 2.24 bits per heavy atom. The third-order valence-electron chi connectivity index (χ3n) is 1.95. The summed E-state index contributed by atoms with van der Waals surface area (Å²) in [6.07, 6.45) is 2.93. The fourth-order valence-electron chi connectivity index (χ4n) is 1.09. The van der Waals surface area contributed by atoms with Gasteiger partial charge in [0.2, 0.25) is 0 Å². The Labute approximate surface area is 99.8 Å². The van der Waals surface area contributed by atoms with Crippen molar-refractivity contribution in [3.05, 3.63) is 28.6 Å². The van der Waals surface area contributed by atoms with E-state index in [0.717, 1.165) is 11.8 Å². The van der Waals surface area contributed by atoms with Crippen molar-refractivity contribution in [2.45, 2.75) is 10.2 Å². The molecule has 2 heterocycles. The van der Waals surface area contributed by atoms with E-state index in [4.69, 9.17) is 11.1 Å². The largest absolute Gasteiger partial charge is 0.382 e. The average molecular weight is 251 g/mol. The van der Waals surface area contributed by atoms with Crippen molar-refractivity contribution in [1.82, 2.24) is 24.7 Å². The molecular weight excluding hydrogens is 242 g/mol. The lowest BCUT2D eigenvalue weighted by atomic mass is 10.4. The minimum absolute atomic E-state index is 0.180. The van der Waals surface area contributed by atoms with Gasteiger partial charge in [-0.1, -0.05) is 0 Å². The van der Waals surface area contributed by atoms with E-state index in [1.807, 2.05) is 0 Å². The maximum Gasteiger partial charge on any atom is 0.343 e. The molecular formula is C8H9N7OS. The lowest BCUT2D eigenvalue weighted by Gasteiger charge is -2.03. The van der Waals surface area contributed by atoms with Crippen molar-refractivity contribution < 1.29 is 0 Å². The van der Waals surface area contributed by atoms with Gasteiger partial charge in [0.15, 0.2) is 5.16 Å². The van der Waals surface area contributed by atoms with Crippen molar-refractivity contribution in [2.24, 2.45) is 12.8 Å². The molecule has 0 aliphatic carbocycles. The van der Waals surface area contributed by atoms with Crippen LogP contribution in [0.1, 0.15) is 5.69 Å². The van der Waals surface area contributed by atoms with Crippen LogP contribution in [0, 0.1) is 5.41 Å². The van der Waals surface area contributed by atoms with Crippen LogP contribution in [0.2, 0.25) is 0 Å². The quantitative estimate of drug-likeness (QED) is 0.490. The maximum atomic E-state index is 11.2. The van der Waals surface area contributed by atoms with Crippen molar-refractivity contribution in [3.8, 4) is 0 Å². The highest BCUT2D eigenvalue weighted by atomic mass is 32.2. The van der Waals surface area contributed by atoms with E-state index >= 15 is 0 Å². The first kappa shape index (κ1) is 11.3. The second-order valence-corrected chi connectivity index (χ2v) is 4.05. The summed E-state index contributed by atoms with van der Waals surface area (Å²) in [7, 11) is 1.58. The first-order valence-corrected chi connectivity index (χ1v) is 5.36. The zero-order valence-electron chi connectivity index (χ0n) is 8.84. The Hall–Kier alpha value is -2.16. The molecule has 0 unspecified atom stereocenters. The molecule has 2 rings (SSSR count). The van der Waals surface area contributed by atoms with Gasteiger partial charge in [-0.2, -0.15) is 0 Å². The number of nitrogens with zero attached hydrogens (tertiary/aromatic N) is 4. The SMILES string of the molecule is Cn1c(Sc2nccnc2C(=N)N)n[nH]c1=O. The Morgan fingerprint density at radius 1 is 1.53 bits per heavy atom. The Balaban J connectivity index is 2.40. The number of amidine groups is 1. The second kappa shape index (κ2) is 4.37. The molecule has 8 nitrogen and oxygen atoms in total. The Kier molecular flexibility index (Phi) is 2.91. The molecule has 0 saturated carbocycles. The fraction of sp³-hybridized carbons (Fsp3) is 0.125. The van der Waals surface area contributed by atoms with E-state index in [-0.39, 0.29) is 17.2 Å². The molecule has 0 fully saturated rings. The van der Waals surface area contributed by atoms with Crippen molar-refractivity contribution >= 4 is 17.6 Å². The highest BCUT2D eigenvalue weighted by molar-refractivity contribution is 7.99. The lowest BCUT2D eigenvalue weighted by molar-refractivity contribution is 0.764. The van der Waals surface area contributed by atoms with Crippen LogP contribution in [0.25, 0.3) is 0 Å². The molecule has 88 valence electrons. The minimum Gasteiger partial charge on any atom is -0.382 e. The molecule has 0 bridgehead atoms. The molecule has 0 radical (unpaired) electrons. The third kappa shape index (κ3) is 2.18. The number of aromatic nitrogens is 5. The van der Waals surface area contributed by atoms with E-state index in [9.17, 15) is 4.79 Å². The van der Waals surface area contributed by atoms with Gasteiger partial charge in [0.25, 0.3) is 0 Å². The van der Waals surface area contributed by atoms with Crippen LogP contribution >= 0.6 is 11.8 Å². The van der Waals surface area contributed by atoms with Crippen molar-refractivity contribution in [1.29, 1.82) is 5.41 Å². The predicted octanol–water partition coefficient (Wildman–Crippen LogP) is -0.666. The summed E-state index contributed by atoms with van der Waals surface area (Å²) in [4.78, 5) is 19.2. The molecule has 0 aliphatic rings. The number of nitrogens with one attached hydrogen (secondary N) is 2. The van der Waals surface area contributed by atoms with Gasteiger partial charge in [0.05, 0.1) is 0 Å². The maximum absolute atomic E-state index is 11.2. The average Bonchev–Trinajstić information content (AvgIpc) is 2.61. The standard InChI is InChI=1S/C8H9N7OS/c1-15-7(16)13-14-8(15)17-6-4(5(9)10)11-2-3-12-6/h2-3H,1H3,(H3,9,10)(H,13,16). The van der Waals surface area contributed by atoms with Crippen LogP contribution in [-0.2, 0) is 7.05 Å². The monoisotopic (exact) mass is 251 g/mol. The van der Waals surface area contributed by atoms with Gasteiger partial charge in [0.1, 0.15) is 16.6 Å². The number of aromatic amines is 1. The summed E-state index contributed by atoms with van der Waals surface area (Å²) in [6.45, 7) is 0. The van der Waals surface area contributed by atoms with E-state index in [1.165, 1.54) is 17.0 Å². The summed E-state index contributed by atoms with van der Waals surface area (Å²) < 4.78 is 1.34. The Bertz CT molecular complexity index is 616. The molecule has 0 amide bonds. The van der Waals surface area contributed by atoms with Crippen molar-refractivity contribution in [3.63, 3.8) is 0 Å². The van der Waals surface area contributed by atoms with Gasteiger partial charge < -0.3 is 5.73 Å². The third-order valence-corrected chi connectivity index (χ3v) is 2.99. The van der Waals surface area contributed by atoms with Crippen LogP contribution in [-0.4, -0.2) is 30.6 Å². The minimum atomic E-state index is -0.319. The number of nitrogen functional groups attached to an aromatic ring is 1. The van der Waals surface area contributed by atoms with Crippen LogP contribution in [0.15, 0.2) is 27.4 Å². The van der Waals surface area contributed by atoms with Crippen LogP contribution in [0.4, 0.5) is 0 Å². The predicted molar refractivity (Wildman–Crippen MR) is 61.0 cm³/mol. The van der Waals surface area contributed by atoms with Gasteiger partial charge in [-0.3, -0.25) is 9.98 Å². The highest BCUT2D eigenvalue weighted by Gasteiger charge is 2.13. The first-order chi connectivity index (χ1) is 8.09. The molecule has 9 heteroatoms. The van der Waals surface area contributed by atoms with Crippen molar-refractivity contribution in [2.75, 3.05) is 0 Å². The van der Waals surface area contributed by atoms with E-state index in [1.54, 1.807) is 7.05 Å². The van der Waals surface area contributed by atoms with E-state index in [0.29, 0.717) is 10.2 Å². The molecule has 0 spiro atoms. The lowest BCUT2D eigenvalue weighted by Crippen LogP contribution is -2.16. The highest BCUT2D eigenvalue weighted by Crippen LogP contribution is 2.24. The summed E-state index contributed by atoms with van der Waals surface area (Å²) in [6, 6.07) is 0. The zero-order chi connectivity index (χ0) is 12.4. The molecule has 17 heavy (non-hydrogen) atoms. The molecule has 2 aromatic rings. The fourth-order valence-corrected chi connectivity index (χ4v) is 1.95. The van der Waals surface area contributed by atoms with Gasteiger partial charge in [-0.15, -0.1) is 5.10 Å². The zero-order valence-corrected chi connectivity index (χ0v) is 9.65. The van der Waals surface area contributed by atoms with Gasteiger partial charge in [-0.25, -0.2) is 19.9 Å². The van der Waals surface area contributed by atoms with Crippen LogP contribution in [0.5, 0.6) is 0 Å². The number of hydrogen-bond acceptors (Lipinski definition) is 6. The number of nitrogens with two attached hydrogens (primary N) is 1. The van der Waals surface area contributed by atoms with Gasteiger partial charge >= 0.3 is 5.69 Å². The molecule has 0 aliphatic heterocycles. The summed E-state index contributed by atoms with van der Waals surface area (Å²) in [5, 5.41) is 14.4. The number of H-pyrrole nitrogens is 1. The normalized spacial score (nSPS) is 10.4. The van der Waals surface area contributed by atoms with Gasteiger partial charge in [0, 0.05) is 19.4 Å². The van der Waals surface area contributed by atoms with Crippen LogP contribution in [0.3, 0.4) is 0 Å².